The van der Waals surface area contributed by atoms with E-state index in [1.54, 1.807) is 0 Å². The Morgan fingerprint density at radius 1 is 0.931 bits per heavy atom. The summed E-state index contributed by atoms with van der Waals surface area (Å²) in [4.78, 5) is 0. The van der Waals surface area contributed by atoms with E-state index >= 15 is 0 Å². The standard InChI is InChI=1S/C25H28F4/c1-3-4-16(2)17-5-7-18(8-6-17)19-9-11-20(12-10-19)21-13-14-22(23(26)15-21)24(27)25(28)29/h9-18H,3-8H2,1-2H3. The molecule has 2 aromatic rings. The summed E-state index contributed by atoms with van der Waals surface area (Å²) >= 11 is 0. The zero-order chi connectivity index (χ0) is 21.0. The van der Waals surface area contributed by atoms with Gasteiger partial charge in [0.05, 0.1) is 5.56 Å². The molecule has 1 unspecified atom stereocenters. The third-order valence-electron chi connectivity index (χ3n) is 6.41. The minimum absolute atomic E-state index is 0.543. The normalized spacial score (nSPS) is 20.3. The van der Waals surface area contributed by atoms with Crippen LogP contribution in [0.15, 0.2) is 48.5 Å². The van der Waals surface area contributed by atoms with Crippen LogP contribution < -0.4 is 0 Å². The van der Waals surface area contributed by atoms with Crippen LogP contribution in [0.5, 0.6) is 0 Å². The van der Waals surface area contributed by atoms with Crippen LogP contribution in [0.3, 0.4) is 0 Å². The smallest absolute Gasteiger partial charge is 0.206 e. The molecule has 1 aliphatic carbocycles. The molecule has 156 valence electrons. The molecule has 0 amide bonds. The van der Waals surface area contributed by atoms with Gasteiger partial charge >= 0.3 is 6.08 Å². The molecule has 0 aromatic heterocycles. The average molecular weight is 404 g/mol. The predicted octanol–water partition coefficient (Wildman–Crippen LogP) is 8.74. The number of hydrogen-bond acceptors (Lipinski definition) is 0. The fourth-order valence-corrected chi connectivity index (χ4v) is 4.63. The van der Waals surface area contributed by atoms with Crippen molar-refractivity contribution < 1.29 is 17.6 Å². The lowest BCUT2D eigenvalue weighted by molar-refractivity contribution is 0.235. The first-order valence-corrected chi connectivity index (χ1v) is 10.5. The number of halogens is 4. The van der Waals surface area contributed by atoms with E-state index in [-0.39, 0.29) is 0 Å². The maximum atomic E-state index is 14.1. The monoisotopic (exact) mass is 404 g/mol. The summed E-state index contributed by atoms with van der Waals surface area (Å²) < 4.78 is 52.2. The second-order valence-corrected chi connectivity index (χ2v) is 8.27. The van der Waals surface area contributed by atoms with E-state index in [4.69, 9.17) is 0 Å². The molecule has 1 aliphatic rings. The average Bonchev–Trinajstić information content (AvgIpc) is 2.73. The Morgan fingerprint density at radius 3 is 2.10 bits per heavy atom. The van der Waals surface area contributed by atoms with Crippen molar-refractivity contribution >= 4 is 5.83 Å². The fraction of sp³-hybridized carbons (Fsp3) is 0.440. The molecule has 0 radical (unpaired) electrons. The molecule has 1 saturated carbocycles. The Morgan fingerprint density at radius 2 is 1.55 bits per heavy atom. The molecule has 0 heterocycles. The SMILES string of the molecule is CCCC(C)C1CCC(c2ccc(-c3ccc(C(F)=C(F)F)c(F)c3)cc2)CC1. The highest BCUT2D eigenvalue weighted by molar-refractivity contribution is 5.68. The molecule has 1 atom stereocenters. The van der Waals surface area contributed by atoms with Gasteiger partial charge in [-0.1, -0.05) is 57.0 Å². The summed E-state index contributed by atoms with van der Waals surface area (Å²) in [5.41, 5.74) is 1.91. The van der Waals surface area contributed by atoms with E-state index in [0.717, 1.165) is 29.5 Å². The summed E-state index contributed by atoms with van der Waals surface area (Å²) in [5.74, 6) is -0.619. The first-order chi connectivity index (χ1) is 13.9. The quantitative estimate of drug-likeness (QED) is 0.422. The van der Waals surface area contributed by atoms with Crippen molar-refractivity contribution in [3.8, 4) is 11.1 Å². The summed E-state index contributed by atoms with van der Waals surface area (Å²) in [6.45, 7) is 4.62. The lowest BCUT2D eigenvalue weighted by atomic mass is 9.73. The highest BCUT2D eigenvalue weighted by atomic mass is 19.3. The summed E-state index contributed by atoms with van der Waals surface area (Å²) in [6, 6.07) is 11.6. The van der Waals surface area contributed by atoms with Gasteiger partial charge in [-0.25, -0.2) is 8.78 Å². The van der Waals surface area contributed by atoms with Gasteiger partial charge in [-0.3, -0.25) is 0 Å². The van der Waals surface area contributed by atoms with E-state index < -0.39 is 23.3 Å². The van der Waals surface area contributed by atoms with Crippen molar-refractivity contribution in [1.82, 2.24) is 0 Å². The summed E-state index contributed by atoms with van der Waals surface area (Å²) in [7, 11) is 0. The molecule has 1 fully saturated rings. The molecule has 2 aromatic carbocycles. The molecule has 4 heteroatoms. The maximum absolute atomic E-state index is 14.1. The van der Waals surface area contributed by atoms with Crippen LogP contribution in [0, 0.1) is 17.7 Å². The molecule has 0 N–H and O–H groups in total. The van der Waals surface area contributed by atoms with Crippen LogP contribution in [-0.2, 0) is 0 Å². The van der Waals surface area contributed by atoms with Crippen LogP contribution in [-0.4, -0.2) is 0 Å². The van der Waals surface area contributed by atoms with Gasteiger partial charge in [-0.15, -0.1) is 0 Å². The number of rotatable bonds is 6. The maximum Gasteiger partial charge on any atom is 0.306 e. The molecule has 0 bridgehead atoms. The lowest BCUT2D eigenvalue weighted by Gasteiger charge is -2.32. The summed E-state index contributed by atoms with van der Waals surface area (Å²) in [5, 5.41) is 0. The summed E-state index contributed by atoms with van der Waals surface area (Å²) in [6.07, 6.45) is 4.96. The second kappa shape index (κ2) is 9.60. The Bertz CT molecular complexity index is 842. The van der Waals surface area contributed by atoms with Gasteiger partial charge in [0.1, 0.15) is 5.82 Å². The van der Waals surface area contributed by atoms with E-state index in [0.29, 0.717) is 11.5 Å². The third kappa shape index (κ3) is 5.09. The van der Waals surface area contributed by atoms with E-state index in [2.05, 4.69) is 26.0 Å². The van der Waals surface area contributed by atoms with Gasteiger partial charge in [0, 0.05) is 0 Å². The Balaban J connectivity index is 1.68. The van der Waals surface area contributed by atoms with E-state index in [9.17, 15) is 17.6 Å². The van der Waals surface area contributed by atoms with Crippen LogP contribution in [0.25, 0.3) is 17.0 Å². The molecule has 0 nitrogen and oxygen atoms in total. The number of hydrogen-bond donors (Lipinski definition) is 0. The Labute approximate surface area is 170 Å². The van der Waals surface area contributed by atoms with Gasteiger partial charge in [0.15, 0.2) is 5.83 Å². The van der Waals surface area contributed by atoms with E-state index in [1.807, 2.05) is 12.1 Å². The van der Waals surface area contributed by atoms with Crippen molar-refractivity contribution in [2.75, 3.05) is 0 Å². The number of benzene rings is 2. The first-order valence-electron chi connectivity index (χ1n) is 10.5. The van der Waals surface area contributed by atoms with Gasteiger partial charge in [-0.05, 0) is 72.3 Å². The van der Waals surface area contributed by atoms with Gasteiger partial charge in [0.25, 0.3) is 0 Å². The highest BCUT2D eigenvalue weighted by Crippen LogP contribution is 2.40. The third-order valence-corrected chi connectivity index (χ3v) is 6.41. The van der Waals surface area contributed by atoms with Crippen LogP contribution in [0.4, 0.5) is 17.6 Å². The fourth-order valence-electron chi connectivity index (χ4n) is 4.63. The molecular formula is C25H28F4. The van der Waals surface area contributed by atoms with Gasteiger partial charge in [-0.2, -0.15) is 8.78 Å². The largest absolute Gasteiger partial charge is 0.306 e. The molecule has 0 spiro atoms. The zero-order valence-corrected chi connectivity index (χ0v) is 17.0. The van der Waals surface area contributed by atoms with Gasteiger partial charge < -0.3 is 0 Å². The minimum atomic E-state index is -2.51. The Kier molecular flexibility index (Phi) is 7.15. The van der Waals surface area contributed by atoms with Crippen LogP contribution >= 0.6 is 0 Å². The molecule has 3 rings (SSSR count). The van der Waals surface area contributed by atoms with Crippen molar-refractivity contribution in [2.45, 2.75) is 58.3 Å². The predicted molar refractivity (Wildman–Crippen MR) is 111 cm³/mol. The topological polar surface area (TPSA) is 0 Å². The zero-order valence-electron chi connectivity index (χ0n) is 17.0. The van der Waals surface area contributed by atoms with Crippen LogP contribution in [0.2, 0.25) is 0 Å². The molecule has 0 aliphatic heterocycles. The second-order valence-electron chi connectivity index (χ2n) is 8.27. The lowest BCUT2D eigenvalue weighted by Crippen LogP contribution is -2.19. The molecule has 29 heavy (non-hydrogen) atoms. The van der Waals surface area contributed by atoms with Crippen molar-refractivity contribution in [2.24, 2.45) is 11.8 Å². The highest BCUT2D eigenvalue weighted by Gasteiger charge is 2.25. The van der Waals surface area contributed by atoms with Crippen molar-refractivity contribution in [1.29, 1.82) is 0 Å². The van der Waals surface area contributed by atoms with Crippen molar-refractivity contribution in [3.05, 3.63) is 65.5 Å². The van der Waals surface area contributed by atoms with E-state index in [1.165, 1.54) is 50.2 Å². The van der Waals surface area contributed by atoms with Crippen molar-refractivity contribution in [3.63, 3.8) is 0 Å². The molecule has 0 saturated heterocycles. The Hall–Kier alpha value is -2.10. The van der Waals surface area contributed by atoms with Gasteiger partial charge in [0.2, 0.25) is 0 Å². The minimum Gasteiger partial charge on any atom is -0.206 e. The molecular weight excluding hydrogens is 376 g/mol. The van der Waals surface area contributed by atoms with Crippen LogP contribution in [0.1, 0.15) is 69.4 Å². The first kappa shape index (κ1) is 21.6.